The standard InChI is InChI=1S/C15H19ClN2O/c1-3-7-18-8-6-17-15(18)10-14(19)13-5-4-12(16)9-11(13)2/h4-6,8-9,14,19H,3,7,10H2,1-2H3. The van der Waals surface area contributed by atoms with E-state index in [9.17, 15) is 5.11 Å². The van der Waals surface area contributed by atoms with Crippen LogP contribution in [0.25, 0.3) is 0 Å². The maximum atomic E-state index is 10.4. The summed E-state index contributed by atoms with van der Waals surface area (Å²) in [6.07, 6.45) is 4.77. The van der Waals surface area contributed by atoms with E-state index >= 15 is 0 Å². The zero-order valence-electron chi connectivity index (χ0n) is 11.3. The van der Waals surface area contributed by atoms with Crippen LogP contribution in [0.1, 0.15) is 36.4 Å². The third-order valence-electron chi connectivity index (χ3n) is 3.23. The van der Waals surface area contributed by atoms with Gasteiger partial charge in [-0.3, -0.25) is 0 Å². The first-order valence-electron chi connectivity index (χ1n) is 6.56. The highest BCUT2D eigenvalue weighted by Crippen LogP contribution is 2.23. The molecule has 1 heterocycles. The molecule has 1 aromatic carbocycles. The molecule has 3 nitrogen and oxygen atoms in total. The molecule has 0 amide bonds. The molecule has 2 rings (SSSR count). The quantitative estimate of drug-likeness (QED) is 0.909. The van der Waals surface area contributed by atoms with Gasteiger partial charge in [0, 0.05) is 30.4 Å². The minimum Gasteiger partial charge on any atom is -0.388 e. The Morgan fingerprint density at radius 1 is 1.42 bits per heavy atom. The number of aliphatic hydroxyl groups is 1. The van der Waals surface area contributed by atoms with Gasteiger partial charge in [0.1, 0.15) is 5.82 Å². The minimum absolute atomic E-state index is 0.523. The molecule has 0 spiro atoms. The van der Waals surface area contributed by atoms with Crippen molar-refractivity contribution in [3.63, 3.8) is 0 Å². The van der Waals surface area contributed by atoms with Gasteiger partial charge in [-0.05, 0) is 36.6 Å². The zero-order chi connectivity index (χ0) is 13.8. The van der Waals surface area contributed by atoms with Crippen molar-refractivity contribution in [3.8, 4) is 0 Å². The van der Waals surface area contributed by atoms with Gasteiger partial charge < -0.3 is 9.67 Å². The van der Waals surface area contributed by atoms with Crippen molar-refractivity contribution >= 4 is 11.6 Å². The molecule has 4 heteroatoms. The van der Waals surface area contributed by atoms with Gasteiger partial charge in [-0.25, -0.2) is 4.98 Å². The highest BCUT2D eigenvalue weighted by Gasteiger charge is 2.14. The maximum absolute atomic E-state index is 10.4. The third kappa shape index (κ3) is 3.37. The van der Waals surface area contributed by atoms with E-state index in [2.05, 4.69) is 16.5 Å². The smallest absolute Gasteiger partial charge is 0.111 e. The predicted molar refractivity (Wildman–Crippen MR) is 77.4 cm³/mol. The number of halogens is 1. The first kappa shape index (κ1) is 14.1. The lowest BCUT2D eigenvalue weighted by atomic mass is 10.0. The summed E-state index contributed by atoms with van der Waals surface area (Å²) in [7, 11) is 0. The van der Waals surface area contributed by atoms with Gasteiger partial charge in [-0.2, -0.15) is 0 Å². The minimum atomic E-state index is -0.546. The molecular weight excluding hydrogens is 260 g/mol. The molecule has 102 valence electrons. The van der Waals surface area contributed by atoms with Crippen LogP contribution in [0.2, 0.25) is 5.02 Å². The Kier molecular flexibility index (Phi) is 4.61. The fourth-order valence-corrected chi connectivity index (χ4v) is 2.50. The number of aromatic nitrogens is 2. The van der Waals surface area contributed by atoms with E-state index < -0.39 is 6.10 Å². The summed E-state index contributed by atoms with van der Waals surface area (Å²) in [6, 6.07) is 5.57. The Labute approximate surface area is 118 Å². The number of hydrogen-bond acceptors (Lipinski definition) is 2. The average Bonchev–Trinajstić information content (AvgIpc) is 2.77. The van der Waals surface area contributed by atoms with Crippen LogP contribution in [0.3, 0.4) is 0 Å². The molecule has 1 aromatic heterocycles. The highest BCUT2D eigenvalue weighted by molar-refractivity contribution is 6.30. The van der Waals surface area contributed by atoms with Crippen molar-refractivity contribution in [1.82, 2.24) is 9.55 Å². The normalized spacial score (nSPS) is 12.6. The molecule has 0 radical (unpaired) electrons. The molecule has 1 N–H and O–H groups in total. The lowest BCUT2D eigenvalue weighted by Crippen LogP contribution is -2.10. The predicted octanol–water partition coefficient (Wildman–Crippen LogP) is 3.53. The number of nitrogens with zero attached hydrogens (tertiary/aromatic N) is 2. The Balaban J connectivity index is 2.16. The second-order valence-electron chi connectivity index (χ2n) is 4.76. The van der Waals surface area contributed by atoms with Crippen LogP contribution in [0.15, 0.2) is 30.6 Å². The summed E-state index contributed by atoms with van der Waals surface area (Å²) < 4.78 is 2.09. The van der Waals surface area contributed by atoms with E-state index in [4.69, 9.17) is 11.6 Å². The molecule has 0 fully saturated rings. The van der Waals surface area contributed by atoms with E-state index in [1.807, 2.05) is 31.3 Å². The Morgan fingerprint density at radius 3 is 2.89 bits per heavy atom. The van der Waals surface area contributed by atoms with Crippen LogP contribution in [-0.4, -0.2) is 14.7 Å². The topological polar surface area (TPSA) is 38.0 Å². The summed E-state index contributed by atoms with van der Waals surface area (Å²) in [5.41, 5.74) is 1.92. The Bertz CT molecular complexity index is 551. The molecule has 1 unspecified atom stereocenters. The summed E-state index contributed by atoms with van der Waals surface area (Å²) in [5.74, 6) is 0.920. The van der Waals surface area contributed by atoms with Gasteiger partial charge in [0.15, 0.2) is 0 Å². The van der Waals surface area contributed by atoms with Gasteiger partial charge >= 0.3 is 0 Å². The monoisotopic (exact) mass is 278 g/mol. The number of aryl methyl sites for hydroxylation is 2. The summed E-state index contributed by atoms with van der Waals surface area (Å²) >= 11 is 5.93. The summed E-state index contributed by atoms with van der Waals surface area (Å²) in [6.45, 7) is 5.02. The van der Waals surface area contributed by atoms with Crippen molar-refractivity contribution in [2.45, 2.75) is 39.3 Å². The molecule has 0 aliphatic carbocycles. The summed E-state index contributed by atoms with van der Waals surface area (Å²) in [5, 5.41) is 11.1. The second-order valence-corrected chi connectivity index (χ2v) is 5.19. The largest absolute Gasteiger partial charge is 0.388 e. The molecule has 2 aromatic rings. The fraction of sp³-hybridized carbons (Fsp3) is 0.400. The maximum Gasteiger partial charge on any atom is 0.111 e. The number of benzene rings is 1. The van der Waals surface area contributed by atoms with Crippen molar-refractivity contribution in [2.75, 3.05) is 0 Å². The van der Waals surface area contributed by atoms with E-state index in [-0.39, 0.29) is 0 Å². The fourth-order valence-electron chi connectivity index (χ4n) is 2.27. The average molecular weight is 279 g/mol. The van der Waals surface area contributed by atoms with Gasteiger partial charge in [0.05, 0.1) is 6.10 Å². The molecular formula is C15H19ClN2O. The van der Waals surface area contributed by atoms with Crippen molar-refractivity contribution in [1.29, 1.82) is 0 Å². The third-order valence-corrected chi connectivity index (χ3v) is 3.47. The van der Waals surface area contributed by atoms with Crippen LogP contribution in [-0.2, 0) is 13.0 Å². The van der Waals surface area contributed by atoms with Gasteiger partial charge in [-0.15, -0.1) is 0 Å². The molecule has 19 heavy (non-hydrogen) atoms. The van der Waals surface area contributed by atoms with E-state index in [1.54, 1.807) is 6.20 Å². The molecule has 0 bridgehead atoms. The molecule has 0 saturated heterocycles. The SMILES string of the molecule is CCCn1ccnc1CC(O)c1ccc(Cl)cc1C. The van der Waals surface area contributed by atoms with E-state index in [0.717, 1.165) is 29.9 Å². The number of rotatable bonds is 5. The van der Waals surface area contributed by atoms with Crippen LogP contribution >= 0.6 is 11.6 Å². The first-order valence-corrected chi connectivity index (χ1v) is 6.93. The van der Waals surface area contributed by atoms with Crippen molar-refractivity contribution < 1.29 is 5.11 Å². The van der Waals surface area contributed by atoms with Crippen LogP contribution in [0.4, 0.5) is 0 Å². The van der Waals surface area contributed by atoms with Gasteiger partial charge in [0.25, 0.3) is 0 Å². The van der Waals surface area contributed by atoms with E-state index in [1.165, 1.54) is 0 Å². The number of hydrogen-bond donors (Lipinski definition) is 1. The number of aliphatic hydroxyl groups excluding tert-OH is 1. The van der Waals surface area contributed by atoms with E-state index in [0.29, 0.717) is 11.4 Å². The van der Waals surface area contributed by atoms with Crippen molar-refractivity contribution in [2.24, 2.45) is 0 Å². The van der Waals surface area contributed by atoms with Crippen molar-refractivity contribution in [3.05, 3.63) is 52.6 Å². The highest BCUT2D eigenvalue weighted by atomic mass is 35.5. The van der Waals surface area contributed by atoms with Crippen LogP contribution in [0.5, 0.6) is 0 Å². The zero-order valence-corrected chi connectivity index (χ0v) is 12.1. The molecule has 1 atom stereocenters. The lowest BCUT2D eigenvalue weighted by molar-refractivity contribution is 0.173. The van der Waals surface area contributed by atoms with Gasteiger partial charge in [-0.1, -0.05) is 24.6 Å². The second kappa shape index (κ2) is 6.22. The van der Waals surface area contributed by atoms with Gasteiger partial charge in [0.2, 0.25) is 0 Å². The van der Waals surface area contributed by atoms with Crippen LogP contribution in [0, 0.1) is 6.92 Å². The Morgan fingerprint density at radius 2 is 2.21 bits per heavy atom. The summed E-state index contributed by atoms with van der Waals surface area (Å²) in [4.78, 5) is 4.32. The van der Waals surface area contributed by atoms with Crippen LogP contribution < -0.4 is 0 Å². The lowest BCUT2D eigenvalue weighted by Gasteiger charge is -2.14. The first-order chi connectivity index (χ1) is 9.11. The Hall–Kier alpha value is -1.32. The number of imidazole rings is 1. The molecule has 0 saturated carbocycles. The molecule has 0 aliphatic heterocycles. The molecule has 0 aliphatic rings.